The first-order chi connectivity index (χ1) is 15.7. The van der Waals surface area contributed by atoms with Gasteiger partial charge in [0.25, 0.3) is 11.6 Å². The number of amides is 2. The maximum atomic E-state index is 12.3. The number of non-ortho nitro benzene ring substituents is 1. The van der Waals surface area contributed by atoms with E-state index in [0.717, 1.165) is 4.90 Å². The summed E-state index contributed by atoms with van der Waals surface area (Å²) in [5.41, 5.74) is 0.916. The van der Waals surface area contributed by atoms with Crippen LogP contribution < -0.4 is 10.6 Å². The van der Waals surface area contributed by atoms with Crippen LogP contribution in [0.25, 0.3) is 0 Å². The largest absolute Gasteiger partial charge is 0.478 e. The summed E-state index contributed by atoms with van der Waals surface area (Å²) < 4.78 is 0. The Balaban J connectivity index is 1.53. The van der Waals surface area contributed by atoms with E-state index in [1.54, 1.807) is 24.3 Å². The summed E-state index contributed by atoms with van der Waals surface area (Å²) >= 11 is 7.25. The molecule has 0 aromatic heterocycles. The molecule has 0 aliphatic heterocycles. The molecule has 33 heavy (non-hydrogen) atoms. The lowest BCUT2D eigenvalue weighted by Crippen LogP contribution is -2.15. The summed E-state index contributed by atoms with van der Waals surface area (Å²) in [5.74, 6) is -1.84. The van der Waals surface area contributed by atoms with Crippen molar-refractivity contribution in [3.8, 4) is 0 Å². The summed E-state index contributed by atoms with van der Waals surface area (Å²) in [5, 5.41) is 25.3. The summed E-state index contributed by atoms with van der Waals surface area (Å²) in [7, 11) is 0. The van der Waals surface area contributed by atoms with Crippen molar-refractivity contribution < 1.29 is 24.4 Å². The van der Waals surface area contributed by atoms with Gasteiger partial charge in [-0.25, -0.2) is 4.79 Å². The van der Waals surface area contributed by atoms with Crippen molar-refractivity contribution in [1.29, 1.82) is 0 Å². The molecule has 3 aromatic carbocycles. The topological polar surface area (TPSA) is 139 Å². The van der Waals surface area contributed by atoms with Gasteiger partial charge < -0.3 is 15.7 Å². The fourth-order valence-electron chi connectivity index (χ4n) is 2.66. The minimum Gasteiger partial charge on any atom is -0.478 e. The van der Waals surface area contributed by atoms with Gasteiger partial charge in [0.05, 0.1) is 26.9 Å². The third kappa shape index (κ3) is 6.55. The van der Waals surface area contributed by atoms with Crippen LogP contribution in [0.1, 0.15) is 20.7 Å². The molecule has 0 unspecified atom stereocenters. The minimum atomic E-state index is -1.13. The Bertz CT molecular complexity index is 1220. The number of carboxylic acids is 1. The number of carboxylic acid groups (broad SMARTS) is 1. The molecule has 0 bridgehead atoms. The normalized spacial score (nSPS) is 10.3. The van der Waals surface area contributed by atoms with Crippen molar-refractivity contribution in [3.05, 3.63) is 93.0 Å². The van der Waals surface area contributed by atoms with Gasteiger partial charge in [0.1, 0.15) is 0 Å². The highest BCUT2D eigenvalue weighted by Crippen LogP contribution is 2.25. The fourth-order valence-corrected chi connectivity index (χ4v) is 3.52. The Hall–Kier alpha value is -3.89. The van der Waals surface area contributed by atoms with Crippen molar-refractivity contribution in [2.45, 2.75) is 4.90 Å². The second-order valence-electron chi connectivity index (χ2n) is 6.62. The van der Waals surface area contributed by atoms with Gasteiger partial charge in [-0.15, -0.1) is 11.8 Å². The predicted octanol–water partition coefficient (Wildman–Crippen LogP) is 4.93. The van der Waals surface area contributed by atoms with Crippen LogP contribution in [-0.2, 0) is 4.79 Å². The maximum Gasteiger partial charge on any atom is 0.335 e. The van der Waals surface area contributed by atoms with Crippen LogP contribution in [-0.4, -0.2) is 33.6 Å². The van der Waals surface area contributed by atoms with E-state index in [-0.39, 0.29) is 39.2 Å². The van der Waals surface area contributed by atoms with Gasteiger partial charge in [0, 0.05) is 28.3 Å². The number of anilines is 2. The maximum absolute atomic E-state index is 12.3. The number of carbonyl (C=O) groups is 3. The molecule has 0 heterocycles. The quantitative estimate of drug-likeness (QED) is 0.233. The number of thioether (sulfide) groups is 1. The van der Waals surface area contributed by atoms with E-state index in [4.69, 9.17) is 16.7 Å². The number of benzene rings is 3. The van der Waals surface area contributed by atoms with Gasteiger partial charge in [0.2, 0.25) is 5.91 Å². The molecule has 0 spiro atoms. The highest BCUT2D eigenvalue weighted by molar-refractivity contribution is 8.00. The standard InChI is InChI=1S/C22H16ClN3O6S/c23-18-10-3-14(22(29)30)11-19(18)25-20(27)12-33-17-8-4-15(5-9-17)24-21(28)13-1-6-16(7-2-13)26(31)32/h1-11H,12H2,(H,24,28)(H,25,27)(H,29,30). The van der Waals surface area contributed by atoms with E-state index >= 15 is 0 Å². The molecular weight excluding hydrogens is 470 g/mol. The summed E-state index contributed by atoms with van der Waals surface area (Å²) in [6.45, 7) is 0. The predicted molar refractivity (Wildman–Crippen MR) is 125 cm³/mol. The van der Waals surface area contributed by atoms with Crippen LogP contribution in [0.4, 0.5) is 17.1 Å². The van der Waals surface area contributed by atoms with Gasteiger partial charge in [0.15, 0.2) is 0 Å². The Labute approximate surface area is 196 Å². The van der Waals surface area contributed by atoms with Gasteiger partial charge >= 0.3 is 5.97 Å². The first-order valence-electron chi connectivity index (χ1n) is 9.34. The number of halogens is 1. The van der Waals surface area contributed by atoms with E-state index in [1.165, 1.54) is 54.2 Å². The Morgan fingerprint density at radius 1 is 0.939 bits per heavy atom. The molecule has 0 radical (unpaired) electrons. The first-order valence-corrected chi connectivity index (χ1v) is 10.7. The molecule has 2 amide bonds. The lowest BCUT2D eigenvalue weighted by atomic mass is 10.2. The number of rotatable bonds is 8. The third-order valence-electron chi connectivity index (χ3n) is 4.31. The van der Waals surface area contributed by atoms with E-state index < -0.39 is 16.8 Å². The second kappa shape index (κ2) is 10.6. The number of carbonyl (C=O) groups excluding carboxylic acids is 2. The zero-order valence-corrected chi connectivity index (χ0v) is 18.4. The number of nitrogens with zero attached hydrogens (tertiary/aromatic N) is 1. The summed E-state index contributed by atoms with van der Waals surface area (Å²) in [6, 6.07) is 16.1. The summed E-state index contributed by atoms with van der Waals surface area (Å²) in [6.07, 6.45) is 0. The van der Waals surface area contributed by atoms with Crippen molar-refractivity contribution in [1.82, 2.24) is 0 Å². The monoisotopic (exact) mass is 485 g/mol. The van der Waals surface area contributed by atoms with Gasteiger partial charge in [-0.1, -0.05) is 11.6 Å². The molecule has 0 atom stereocenters. The number of nitrogens with one attached hydrogen (secondary N) is 2. The second-order valence-corrected chi connectivity index (χ2v) is 8.08. The number of nitro groups is 1. The molecule has 9 nitrogen and oxygen atoms in total. The molecule has 3 N–H and O–H groups in total. The molecule has 0 saturated heterocycles. The number of nitro benzene ring substituents is 1. The van der Waals surface area contributed by atoms with E-state index in [9.17, 15) is 24.5 Å². The van der Waals surface area contributed by atoms with Crippen LogP contribution in [0.2, 0.25) is 5.02 Å². The molecule has 3 aromatic rings. The number of hydrogen-bond acceptors (Lipinski definition) is 6. The Morgan fingerprint density at radius 3 is 2.18 bits per heavy atom. The van der Waals surface area contributed by atoms with Crippen molar-refractivity contribution in [2.24, 2.45) is 0 Å². The zero-order valence-electron chi connectivity index (χ0n) is 16.8. The van der Waals surface area contributed by atoms with Crippen molar-refractivity contribution in [3.63, 3.8) is 0 Å². The van der Waals surface area contributed by atoms with Crippen LogP contribution >= 0.6 is 23.4 Å². The number of aromatic carboxylic acids is 1. The Kier molecular flexibility index (Phi) is 7.65. The molecule has 0 aliphatic rings. The fraction of sp³-hybridized carbons (Fsp3) is 0.0455. The third-order valence-corrected chi connectivity index (χ3v) is 5.65. The van der Waals surface area contributed by atoms with Crippen molar-refractivity contribution in [2.75, 3.05) is 16.4 Å². The molecular formula is C22H16ClN3O6S. The average molecular weight is 486 g/mol. The lowest BCUT2D eigenvalue weighted by molar-refractivity contribution is -0.384. The van der Waals surface area contributed by atoms with E-state index in [2.05, 4.69) is 10.6 Å². The molecule has 3 rings (SSSR count). The molecule has 168 valence electrons. The van der Waals surface area contributed by atoms with E-state index in [1.807, 2.05) is 0 Å². The van der Waals surface area contributed by atoms with Crippen LogP contribution in [0, 0.1) is 10.1 Å². The molecule has 0 aliphatic carbocycles. The lowest BCUT2D eigenvalue weighted by Gasteiger charge is -2.09. The average Bonchev–Trinajstić information content (AvgIpc) is 2.80. The van der Waals surface area contributed by atoms with Crippen LogP contribution in [0.5, 0.6) is 0 Å². The van der Waals surface area contributed by atoms with Gasteiger partial charge in [-0.2, -0.15) is 0 Å². The van der Waals surface area contributed by atoms with Gasteiger partial charge in [-0.3, -0.25) is 19.7 Å². The number of hydrogen-bond donors (Lipinski definition) is 3. The highest BCUT2D eigenvalue weighted by Gasteiger charge is 2.12. The molecule has 0 fully saturated rings. The summed E-state index contributed by atoms with van der Waals surface area (Å²) in [4.78, 5) is 46.5. The first kappa shape index (κ1) is 23.8. The smallest absolute Gasteiger partial charge is 0.335 e. The Morgan fingerprint density at radius 2 is 1.58 bits per heavy atom. The van der Waals surface area contributed by atoms with Crippen LogP contribution in [0.3, 0.4) is 0 Å². The molecule has 0 saturated carbocycles. The van der Waals surface area contributed by atoms with E-state index in [0.29, 0.717) is 5.69 Å². The zero-order chi connectivity index (χ0) is 24.0. The highest BCUT2D eigenvalue weighted by atomic mass is 35.5. The van der Waals surface area contributed by atoms with Crippen LogP contribution in [0.15, 0.2) is 71.6 Å². The van der Waals surface area contributed by atoms with Gasteiger partial charge in [-0.05, 0) is 54.6 Å². The van der Waals surface area contributed by atoms with Crippen molar-refractivity contribution >= 4 is 58.2 Å². The minimum absolute atomic E-state index is 0.00807. The SMILES string of the molecule is O=C(CSc1ccc(NC(=O)c2ccc([N+](=O)[O-])cc2)cc1)Nc1cc(C(=O)O)ccc1Cl. The molecule has 11 heteroatoms.